The second kappa shape index (κ2) is 7.17. The lowest BCUT2D eigenvalue weighted by molar-refractivity contribution is -0.175. The minimum Gasteiger partial charge on any atom is -0.351 e. The summed E-state index contributed by atoms with van der Waals surface area (Å²) < 4.78 is 10.9. The van der Waals surface area contributed by atoms with Crippen LogP contribution in [0.15, 0.2) is 0 Å². The summed E-state index contributed by atoms with van der Waals surface area (Å²) in [5.41, 5.74) is 0. The highest BCUT2D eigenvalue weighted by Crippen LogP contribution is 2.03. The van der Waals surface area contributed by atoms with Gasteiger partial charge in [-0.25, -0.2) is 0 Å². The number of rotatable bonds is 6. The fourth-order valence-corrected chi connectivity index (χ4v) is 1.44. The molecule has 0 aromatic rings. The summed E-state index contributed by atoms with van der Waals surface area (Å²) in [4.78, 5) is 0. The molecule has 4 heteroatoms. The normalized spacial score (nSPS) is 20.8. The predicted molar refractivity (Wildman–Crippen MR) is 60.9 cm³/mol. The Bertz CT molecular complexity index is 159. The van der Waals surface area contributed by atoms with Crippen LogP contribution in [0.2, 0.25) is 0 Å². The highest BCUT2D eigenvalue weighted by molar-refractivity contribution is 4.67. The second-order valence-electron chi connectivity index (χ2n) is 4.40. The van der Waals surface area contributed by atoms with Crippen LogP contribution in [0.25, 0.3) is 0 Å². The molecule has 0 saturated carbocycles. The second-order valence-corrected chi connectivity index (χ2v) is 4.40. The Hall–Kier alpha value is -0.160. The summed E-state index contributed by atoms with van der Waals surface area (Å²) in [6, 6.07) is 0.984. The van der Waals surface area contributed by atoms with Crippen molar-refractivity contribution >= 4 is 0 Å². The van der Waals surface area contributed by atoms with Crippen LogP contribution in [0.5, 0.6) is 0 Å². The van der Waals surface area contributed by atoms with Crippen molar-refractivity contribution in [3.8, 4) is 0 Å². The molecule has 0 bridgehead atoms. The zero-order chi connectivity index (χ0) is 11.1. The average Bonchev–Trinajstić information content (AvgIpc) is 2.25. The maximum Gasteiger partial charge on any atom is 0.169 e. The molecular weight excluding hydrogens is 192 g/mol. The quantitative estimate of drug-likeness (QED) is 0.687. The Morgan fingerprint density at radius 2 is 1.80 bits per heavy atom. The van der Waals surface area contributed by atoms with Gasteiger partial charge >= 0.3 is 0 Å². The molecule has 0 aromatic heterocycles. The van der Waals surface area contributed by atoms with Gasteiger partial charge in [-0.05, 0) is 13.3 Å². The lowest BCUT2D eigenvalue weighted by atomic mass is 10.3. The third kappa shape index (κ3) is 6.10. The zero-order valence-electron chi connectivity index (χ0n) is 10.1. The van der Waals surface area contributed by atoms with Gasteiger partial charge in [-0.2, -0.15) is 0 Å². The maximum atomic E-state index is 5.45. The highest BCUT2D eigenvalue weighted by atomic mass is 16.7. The molecule has 4 nitrogen and oxygen atoms in total. The molecule has 0 aliphatic carbocycles. The van der Waals surface area contributed by atoms with Crippen LogP contribution in [-0.2, 0) is 9.47 Å². The largest absolute Gasteiger partial charge is 0.351 e. The van der Waals surface area contributed by atoms with Crippen molar-refractivity contribution in [2.24, 2.45) is 0 Å². The fourth-order valence-electron chi connectivity index (χ4n) is 1.44. The van der Waals surface area contributed by atoms with E-state index >= 15 is 0 Å². The van der Waals surface area contributed by atoms with Crippen molar-refractivity contribution in [1.82, 2.24) is 10.6 Å². The van der Waals surface area contributed by atoms with E-state index in [0.29, 0.717) is 12.1 Å². The van der Waals surface area contributed by atoms with Crippen LogP contribution in [0.3, 0.4) is 0 Å². The van der Waals surface area contributed by atoms with E-state index in [1.807, 2.05) is 0 Å². The first kappa shape index (κ1) is 12.9. The highest BCUT2D eigenvalue weighted by Gasteiger charge is 2.14. The number of ether oxygens (including phenoxy) is 2. The number of nitrogens with one attached hydrogen (secondary N) is 2. The first-order valence-electron chi connectivity index (χ1n) is 5.88. The van der Waals surface area contributed by atoms with Gasteiger partial charge in [0, 0.05) is 25.2 Å². The van der Waals surface area contributed by atoms with Crippen LogP contribution in [0.1, 0.15) is 27.2 Å². The summed E-state index contributed by atoms with van der Waals surface area (Å²) in [5, 5.41) is 6.78. The molecule has 1 rings (SSSR count). The van der Waals surface area contributed by atoms with Gasteiger partial charge in [-0.1, -0.05) is 13.8 Å². The van der Waals surface area contributed by atoms with Crippen LogP contribution >= 0.6 is 0 Å². The molecule has 1 aliphatic rings. The van der Waals surface area contributed by atoms with Crippen LogP contribution in [0.4, 0.5) is 0 Å². The molecule has 0 radical (unpaired) electrons. The van der Waals surface area contributed by atoms with Gasteiger partial charge in [0.1, 0.15) is 0 Å². The molecule has 1 aliphatic heterocycles. The van der Waals surface area contributed by atoms with Gasteiger partial charge in [0.05, 0.1) is 13.2 Å². The van der Waals surface area contributed by atoms with Gasteiger partial charge in [0.25, 0.3) is 0 Å². The maximum absolute atomic E-state index is 5.45. The number of hydrogen-bond acceptors (Lipinski definition) is 4. The van der Waals surface area contributed by atoms with Crippen LogP contribution < -0.4 is 10.6 Å². The summed E-state index contributed by atoms with van der Waals surface area (Å²) in [6.07, 6.45) is 0.960. The SMILES string of the molecule is CC(C)NCC(C)NCC1OCCCO1. The molecule has 1 heterocycles. The Balaban J connectivity index is 2.02. The van der Waals surface area contributed by atoms with Gasteiger partial charge in [-0.3, -0.25) is 0 Å². The van der Waals surface area contributed by atoms with Crippen molar-refractivity contribution in [2.75, 3.05) is 26.3 Å². The van der Waals surface area contributed by atoms with E-state index in [2.05, 4.69) is 31.4 Å². The van der Waals surface area contributed by atoms with E-state index in [-0.39, 0.29) is 6.29 Å². The number of hydrogen-bond donors (Lipinski definition) is 2. The predicted octanol–water partition coefficient (Wildman–Crippen LogP) is 0.726. The molecule has 1 unspecified atom stereocenters. The van der Waals surface area contributed by atoms with Crippen molar-refractivity contribution in [1.29, 1.82) is 0 Å². The molecule has 1 atom stereocenters. The van der Waals surface area contributed by atoms with E-state index in [4.69, 9.17) is 9.47 Å². The van der Waals surface area contributed by atoms with Crippen LogP contribution in [-0.4, -0.2) is 44.7 Å². The Morgan fingerprint density at radius 1 is 1.13 bits per heavy atom. The summed E-state index contributed by atoms with van der Waals surface area (Å²) in [6.45, 7) is 9.87. The lowest BCUT2D eigenvalue weighted by Crippen LogP contribution is -2.44. The molecule has 90 valence electrons. The van der Waals surface area contributed by atoms with Crippen molar-refractivity contribution in [3.05, 3.63) is 0 Å². The van der Waals surface area contributed by atoms with Gasteiger partial charge in [0.15, 0.2) is 6.29 Å². The third-order valence-corrected chi connectivity index (χ3v) is 2.36. The molecule has 1 saturated heterocycles. The molecule has 2 N–H and O–H groups in total. The van der Waals surface area contributed by atoms with Gasteiger partial charge in [0.2, 0.25) is 0 Å². The topological polar surface area (TPSA) is 42.5 Å². The lowest BCUT2D eigenvalue weighted by Gasteiger charge is -2.25. The van der Waals surface area contributed by atoms with Crippen molar-refractivity contribution < 1.29 is 9.47 Å². The van der Waals surface area contributed by atoms with Gasteiger partial charge in [-0.15, -0.1) is 0 Å². The molecular formula is C11H24N2O2. The summed E-state index contributed by atoms with van der Waals surface area (Å²) >= 11 is 0. The smallest absolute Gasteiger partial charge is 0.169 e. The standard InChI is InChI=1S/C11H24N2O2/c1-9(2)12-7-10(3)13-8-11-14-5-4-6-15-11/h9-13H,4-8H2,1-3H3. The first-order chi connectivity index (χ1) is 7.18. The molecule has 1 fully saturated rings. The third-order valence-electron chi connectivity index (χ3n) is 2.36. The summed E-state index contributed by atoms with van der Waals surface area (Å²) in [7, 11) is 0. The van der Waals surface area contributed by atoms with Crippen LogP contribution in [0, 0.1) is 0 Å². The van der Waals surface area contributed by atoms with E-state index in [1.165, 1.54) is 0 Å². The zero-order valence-corrected chi connectivity index (χ0v) is 10.1. The van der Waals surface area contributed by atoms with E-state index in [9.17, 15) is 0 Å². The van der Waals surface area contributed by atoms with Crippen molar-refractivity contribution in [3.63, 3.8) is 0 Å². The minimum absolute atomic E-state index is 0.0553. The molecule has 15 heavy (non-hydrogen) atoms. The minimum atomic E-state index is -0.0553. The first-order valence-corrected chi connectivity index (χ1v) is 5.88. The monoisotopic (exact) mass is 216 g/mol. The Kier molecular flexibility index (Phi) is 6.17. The van der Waals surface area contributed by atoms with Gasteiger partial charge < -0.3 is 20.1 Å². The molecule has 0 amide bonds. The van der Waals surface area contributed by atoms with E-state index in [1.54, 1.807) is 0 Å². The molecule has 0 spiro atoms. The Labute approximate surface area is 92.7 Å². The van der Waals surface area contributed by atoms with E-state index < -0.39 is 0 Å². The summed E-state index contributed by atoms with van der Waals surface area (Å²) in [5.74, 6) is 0. The van der Waals surface area contributed by atoms with E-state index in [0.717, 1.165) is 32.7 Å². The molecule has 0 aromatic carbocycles. The van der Waals surface area contributed by atoms with Crippen molar-refractivity contribution in [2.45, 2.75) is 45.6 Å². The average molecular weight is 216 g/mol. The Morgan fingerprint density at radius 3 is 2.40 bits per heavy atom. The fraction of sp³-hybridized carbons (Fsp3) is 1.00.